The van der Waals surface area contributed by atoms with Crippen molar-refractivity contribution in [2.75, 3.05) is 19.8 Å². The fraction of sp³-hybridized carbons (Fsp3) is 0.467. The van der Waals surface area contributed by atoms with Gasteiger partial charge in [-0.25, -0.2) is 4.39 Å². The summed E-state index contributed by atoms with van der Waals surface area (Å²) in [6.07, 6.45) is 1.30. The molecule has 1 aromatic carbocycles. The first kappa shape index (κ1) is 16.9. The van der Waals surface area contributed by atoms with Crippen LogP contribution in [0.15, 0.2) is 22.7 Å². The Morgan fingerprint density at radius 2 is 2.09 bits per heavy atom. The topological polar surface area (TPSA) is 75.6 Å². The van der Waals surface area contributed by atoms with Crippen LogP contribution < -0.4 is 5.32 Å². The van der Waals surface area contributed by atoms with Crippen molar-refractivity contribution in [2.24, 2.45) is 11.8 Å². The van der Waals surface area contributed by atoms with Crippen LogP contribution >= 0.6 is 15.9 Å². The molecule has 1 heterocycles. The molecule has 1 fully saturated rings. The highest BCUT2D eigenvalue weighted by molar-refractivity contribution is 9.10. The monoisotopic (exact) mass is 373 g/mol. The van der Waals surface area contributed by atoms with Gasteiger partial charge in [-0.15, -0.1) is 0 Å². The highest BCUT2D eigenvalue weighted by Gasteiger charge is 2.30. The van der Waals surface area contributed by atoms with Gasteiger partial charge in [-0.1, -0.05) is 15.9 Å². The zero-order valence-corrected chi connectivity index (χ0v) is 13.4. The van der Waals surface area contributed by atoms with Crippen LogP contribution in [0.2, 0.25) is 0 Å². The van der Waals surface area contributed by atoms with Gasteiger partial charge in [0.05, 0.1) is 11.5 Å². The molecule has 1 aliphatic rings. The van der Waals surface area contributed by atoms with E-state index in [9.17, 15) is 19.1 Å². The Balaban J connectivity index is 2.01. The smallest absolute Gasteiger partial charge is 0.308 e. The van der Waals surface area contributed by atoms with E-state index in [1.54, 1.807) is 0 Å². The van der Waals surface area contributed by atoms with Crippen molar-refractivity contribution in [3.05, 3.63) is 34.1 Å². The van der Waals surface area contributed by atoms with Gasteiger partial charge >= 0.3 is 5.97 Å². The van der Waals surface area contributed by atoms with Gasteiger partial charge in [0.1, 0.15) is 5.82 Å². The Morgan fingerprint density at radius 1 is 1.41 bits per heavy atom. The molecule has 1 unspecified atom stereocenters. The van der Waals surface area contributed by atoms with Gasteiger partial charge < -0.3 is 15.2 Å². The van der Waals surface area contributed by atoms with Gasteiger partial charge in [0.15, 0.2) is 0 Å². The Morgan fingerprint density at radius 3 is 2.73 bits per heavy atom. The fourth-order valence-electron chi connectivity index (χ4n) is 2.54. The van der Waals surface area contributed by atoms with E-state index >= 15 is 0 Å². The first-order valence-electron chi connectivity index (χ1n) is 7.03. The minimum atomic E-state index is -0.957. The minimum absolute atomic E-state index is 0.0230. The Hall–Kier alpha value is -1.47. The minimum Gasteiger partial charge on any atom is -0.481 e. The summed E-state index contributed by atoms with van der Waals surface area (Å²) in [5, 5.41) is 11.9. The Kier molecular flexibility index (Phi) is 5.90. The van der Waals surface area contributed by atoms with Gasteiger partial charge in [-0.2, -0.15) is 0 Å². The third-order valence-electron chi connectivity index (χ3n) is 3.81. The molecule has 1 saturated heterocycles. The van der Waals surface area contributed by atoms with E-state index in [4.69, 9.17) is 4.74 Å². The van der Waals surface area contributed by atoms with Crippen molar-refractivity contribution in [2.45, 2.75) is 12.8 Å². The van der Waals surface area contributed by atoms with E-state index in [2.05, 4.69) is 21.2 Å². The average molecular weight is 374 g/mol. The molecule has 1 amide bonds. The predicted octanol–water partition coefficient (Wildman–Crippen LogP) is 2.45. The van der Waals surface area contributed by atoms with Crippen LogP contribution in [-0.2, 0) is 9.53 Å². The van der Waals surface area contributed by atoms with E-state index in [0.717, 1.165) is 0 Å². The summed E-state index contributed by atoms with van der Waals surface area (Å²) < 4.78 is 19.4. The van der Waals surface area contributed by atoms with Crippen molar-refractivity contribution in [1.29, 1.82) is 0 Å². The lowest BCUT2D eigenvalue weighted by Crippen LogP contribution is -2.39. The van der Waals surface area contributed by atoms with E-state index in [1.807, 2.05) is 0 Å². The molecule has 5 nitrogen and oxygen atoms in total. The summed E-state index contributed by atoms with van der Waals surface area (Å²) in [5.41, 5.74) is -0.106. The molecule has 120 valence electrons. The maximum Gasteiger partial charge on any atom is 0.308 e. The van der Waals surface area contributed by atoms with Crippen LogP contribution in [0, 0.1) is 17.7 Å². The molecule has 0 aromatic heterocycles. The predicted molar refractivity (Wildman–Crippen MR) is 81.1 cm³/mol. The number of aliphatic carboxylic acids is 1. The van der Waals surface area contributed by atoms with Crippen LogP contribution in [-0.4, -0.2) is 36.7 Å². The second-order valence-corrected chi connectivity index (χ2v) is 6.14. The van der Waals surface area contributed by atoms with Gasteiger partial charge in [0.2, 0.25) is 0 Å². The molecule has 1 aromatic rings. The van der Waals surface area contributed by atoms with E-state index in [1.165, 1.54) is 18.2 Å². The summed E-state index contributed by atoms with van der Waals surface area (Å²) in [6, 6.07) is 4.05. The number of ether oxygens (including phenoxy) is 1. The third-order valence-corrected chi connectivity index (χ3v) is 4.30. The fourth-order valence-corrected chi connectivity index (χ4v) is 2.90. The number of hydrogen-bond acceptors (Lipinski definition) is 3. The van der Waals surface area contributed by atoms with E-state index in [0.29, 0.717) is 30.5 Å². The van der Waals surface area contributed by atoms with Crippen molar-refractivity contribution in [3.63, 3.8) is 0 Å². The van der Waals surface area contributed by atoms with Crippen LogP contribution in [0.1, 0.15) is 23.2 Å². The molecule has 2 N–H and O–H groups in total. The molecule has 7 heteroatoms. The summed E-state index contributed by atoms with van der Waals surface area (Å²) >= 11 is 3.18. The molecule has 22 heavy (non-hydrogen) atoms. The first-order chi connectivity index (χ1) is 10.5. The highest BCUT2D eigenvalue weighted by Crippen LogP contribution is 2.24. The van der Waals surface area contributed by atoms with Crippen molar-refractivity contribution in [1.82, 2.24) is 5.32 Å². The number of halogens is 2. The van der Waals surface area contributed by atoms with Crippen molar-refractivity contribution >= 4 is 27.8 Å². The standard InChI is InChI=1S/C15H17BrFNO4/c16-10-1-2-13(17)11(7-10)14(19)18-8-12(15(20)21)9-3-5-22-6-4-9/h1-2,7,9,12H,3-6,8H2,(H,18,19)(H,20,21). The second kappa shape index (κ2) is 7.69. The summed E-state index contributed by atoms with van der Waals surface area (Å²) in [6.45, 7) is 1.04. The summed E-state index contributed by atoms with van der Waals surface area (Å²) in [4.78, 5) is 23.4. The highest BCUT2D eigenvalue weighted by atomic mass is 79.9. The molecule has 1 atom stereocenters. The van der Waals surface area contributed by atoms with E-state index in [-0.39, 0.29) is 18.0 Å². The molecule has 1 aliphatic heterocycles. The summed E-state index contributed by atoms with van der Waals surface area (Å²) in [7, 11) is 0. The average Bonchev–Trinajstić information content (AvgIpc) is 2.50. The lowest BCUT2D eigenvalue weighted by atomic mass is 9.86. The summed E-state index contributed by atoms with van der Waals surface area (Å²) in [5.74, 6) is -2.94. The zero-order chi connectivity index (χ0) is 16.1. The quantitative estimate of drug-likeness (QED) is 0.830. The SMILES string of the molecule is O=C(NCC(C(=O)O)C1CCOCC1)c1cc(Br)ccc1F. The molecule has 0 spiro atoms. The zero-order valence-electron chi connectivity index (χ0n) is 11.9. The van der Waals surface area contributed by atoms with Crippen molar-refractivity contribution < 1.29 is 23.8 Å². The number of benzene rings is 1. The van der Waals surface area contributed by atoms with Crippen LogP contribution in [0.25, 0.3) is 0 Å². The Labute approximate surface area is 136 Å². The molecule has 0 radical (unpaired) electrons. The lowest BCUT2D eigenvalue weighted by molar-refractivity contribution is -0.144. The molecule has 0 bridgehead atoms. The molecule has 0 aliphatic carbocycles. The van der Waals surface area contributed by atoms with Gasteiger partial charge in [-0.3, -0.25) is 9.59 Å². The van der Waals surface area contributed by atoms with Crippen LogP contribution in [0.3, 0.4) is 0 Å². The maximum absolute atomic E-state index is 13.6. The first-order valence-corrected chi connectivity index (χ1v) is 7.82. The van der Waals surface area contributed by atoms with Gasteiger partial charge in [0, 0.05) is 24.2 Å². The van der Waals surface area contributed by atoms with Crippen molar-refractivity contribution in [3.8, 4) is 0 Å². The number of carboxylic acids is 1. The number of amides is 1. The van der Waals surface area contributed by atoms with Crippen LogP contribution in [0.4, 0.5) is 4.39 Å². The maximum atomic E-state index is 13.6. The largest absolute Gasteiger partial charge is 0.481 e. The lowest BCUT2D eigenvalue weighted by Gasteiger charge is -2.27. The number of nitrogens with one attached hydrogen (secondary N) is 1. The second-order valence-electron chi connectivity index (χ2n) is 5.23. The van der Waals surface area contributed by atoms with Gasteiger partial charge in [0.25, 0.3) is 5.91 Å². The number of rotatable bonds is 5. The normalized spacial score (nSPS) is 17.0. The number of hydrogen-bond donors (Lipinski definition) is 2. The number of carboxylic acid groups (broad SMARTS) is 1. The van der Waals surface area contributed by atoms with Crippen LogP contribution in [0.5, 0.6) is 0 Å². The molecule has 0 saturated carbocycles. The third kappa shape index (κ3) is 4.27. The molecular formula is C15H17BrFNO4. The molecular weight excluding hydrogens is 357 g/mol. The van der Waals surface area contributed by atoms with Gasteiger partial charge in [-0.05, 0) is 37.0 Å². The number of carbonyl (C=O) groups is 2. The molecule has 2 rings (SSSR count). The Bertz CT molecular complexity index is 560. The van der Waals surface area contributed by atoms with E-state index < -0.39 is 23.6 Å². The number of carbonyl (C=O) groups excluding carboxylic acids is 1.